The first kappa shape index (κ1) is 16.9. The van der Waals surface area contributed by atoms with Gasteiger partial charge >= 0.3 is 29.6 Å². The van der Waals surface area contributed by atoms with Crippen LogP contribution in [0.4, 0.5) is 5.82 Å². The van der Waals surface area contributed by atoms with E-state index in [1.807, 2.05) is 0 Å². The molecule has 0 bridgehead atoms. The number of anilines is 1. The van der Waals surface area contributed by atoms with Gasteiger partial charge in [0.2, 0.25) is 5.91 Å². The summed E-state index contributed by atoms with van der Waals surface area (Å²) in [6.45, 7) is 1.41. The van der Waals surface area contributed by atoms with Crippen molar-refractivity contribution in [2.45, 2.75) is 20.0 Å². The Balaban J connectivity index is 0.00000256. The fraction of sp³-hybridized carbons (Fsp3) is 0.500. The van der Waals surface area contributed by atoms with Crippen LogP contribution in [0, 0.1) is 6.92 Å². The van der Waals surface area contributed by atoms with Gasteiger partial charge < -0.3 is 15.5 Å². The molecule has 1 N–H and O–H groups in total. The third-order valence-corrected chi connectivity index (χ3v) is 2.07. The molecule has 0 aliphatic rings. The number of halogens is 1. The number of aromatic nitrogens is 3. The van der Waals surface area contributed by atoms with Crippen LogP contribution < -0.4 is 40.1 Å². The Morgan fingerprint density at radius 3 is 2.76 bits per heavy atom. The summed E-state index contributed by atoms with van der Waals surface area (Å²) >= 11 is 3.15. The van der Waals surface area contributed by atoms with Crippen molar-refractivity contribution in [2.24, 2.45) is 0 Å². The Labute approximate surface area is 129 Å². The van der Waals surface area contributed by atoms with E-state index >= 15 is 0 Å². The van der Waals surface area contributed by atoms with E-state index in [1.165, 1.54) is 0 Å². The smallest absolute Gasteiger partial charge is 0.723 e. The van der Waals surface area contributed by atoms with Gasteiger partial charge in [-0.2, -0.15) is 0 Å². The number of amides is 1. The minimum atomic E-state index is -0.247. The summed E-state index contributed by atoms with van der Waals surface area (Å²) in [4.78, 5) is 18.8. The summed E-state index contributed by atoms with van der Waals surface area (Å²) in [6, 6.07) is 0. The third kappa shape index (κ3) is 5.84. The summed E-state index contributed by atoms with van der Waals surface area (Å²) in [6.07, 6.45) is 0.340. The maximum absolute atomic E-state index is 11.3. The van der Waals surface area contributed by atoms with Gasteiger partial charge in [0, 0.05) is 11.8 Å². The van der Waals surface area contributed by atoms with Gasteiger partial charge in [-0.25, -0.2) is 4.98 Å². The molecule has 0 aromatic carbocycles. The number of hydrogen-bond donors (Lipinski definition) is 1. The van der Waals surface area contributed by atoms with Crippen LogP contribution in [0.2, 0.25) is 0 Å². The summed E-state index contributed by atoms with van der Waals surface area (Å²) in [5.74, 6) is 0.301. The molecule has 0 spiro atoms. The average molecular weight is 313 g/mol. The topological polar surface area (TPSA) is 100 Å². The molecule has 0 saturated carbocycles. The van der Waals surface area contributed by atoms with Gasteiger partial charge in [0.05, 0.1) is 12.3 Å². The van der Waals surface area contributed by atoms with E-state index in [4.69, 9.17) is 0 Å². The molecule has 1 rings (SSSR count). The number of alkyl halides is 1. The summed E-state index contributed by atoms with van der Waals surface area (Å²) < 4.78 is 0. The van der Waals surface area contributed by atoms with Crippen molar-refractivity contribution in [1.82, 2.24) is 15.2 Å². The quantitative estimate of drug-likeness (QED) is 0.265. The number of nitrogens with zero attached hydrogens (tertiary/aromatic N) is 3. The molecule has 0 unspecified atom stereocenters. The molecule has 1 aromatic rings. The van der Waals surface area contributed by atoms with Crippen molar-refractivity contribution in [2.75, 3.05) is 10.6 Å². The van der Waals surface area contributed by atoms with Gasteiger partial charge in [-0.05, 0) is 6.92 Å². The molecule has 0 aliphatic heterocycles. The van der Waals surface area contributed by atoms with Crippen molar-refractivity contribution in [3.8, 4) is 0 Å². The van der Waals surface area contributed by atoms with Gasteiger partial charge in [-0.1, -0.05) is 15.9 Å². The zero-order valence-electron chi connectivity index (χ0n) is 9.57. The standard InChI is InChI=1S/C8H11BrN4O3.Na/c1-5-8(11-7(14)2-3-9)13-12-6(10-5)4-16-15;/h15H,2-4H2,1H3,(H,11,13,14);/q;+1/p-1. The molecule has 1 heterocycles. The molecule has 1 aromatic heterocycles. The molecule has 0 aliphatic carbocycles. The first-order valence-corrected chi connectivity index (χ1v) is 5.60. The SMILES string of the molecule is Cc1nc(CO[O-])nnc1NC(=O)CCBr.[Na+]. The first-order chi connectivity index (χ1) is 7.67. The van der Waals surface area contributed by atoms with Crippen LogP contribution in [-0.2, 0) is 16.3 Å². The molecular weight excluding hydrogens is 303 g/mol. The van der Waals surface area contributed by atoms with E-state index in [1.54, 1.807) is 6.92 Å². The summed E-state index contributed by atoms with van der Waals surface area (Å²) in [5.41, 5.74) is 0.491. The van der Waals surface area contributed by atoms with Crippen molar-refractivity contribution in [1.29, 1.82) is 0 Å². The monoisotopic (exact) mass is 312 g/mol. The minimum Gasteiger partial charge on any atom is -0.723 e. The van der Waals surface area contributed by atoms with Gasteiger partial charge in [-0.15, -0.1) is 10.2 Å². The molecule has 0 radical (unpaired) electrons. The normalized spacial score (nSPS) is 9.59. The fourth-order valence-electron chi connectivity index (χ4n) is 0.959. The molecule has 7 nitrogen and oxygen atoms in total. The van der Waals surface area contributed by atoms with Crippen LogP contribution in [-0.4, -0.2) is 26.4 Å². The Bertz CT molecular complexity index is 380. The largest absolute Gasteiger partial charge is 1.00 e. The number of nitrogens with one attached hydrogen (secondary N) is 1. The Hall–Kier alpha value is -0.120. The van der Waals surface area contributed by atoms with Gasteiger partial charge in [0.25, 0.3) is 0 Å². The van der Waals surface area contributed by atoms with Crippen LogP contribution in [0.3, 0.4) is 0 Å². The first-order valence-electron chi connectivity index (χ1n) is 4.48. The molecule has 17 heavy (non-hydrogen) atoms. The Morgan fingerprint density at radius 1 is 1.53 bits per heavy atom. The van der Waals surface area contributed by atoms with Crippen LogP contribution in [0.1, 0.15) is 17.9 Å². The molecule has 9 heteroatoms. The molecule has 1 amide bonds. The van der Waals surface area contributed by atoms with E-state index in [0.717, 1.165) is 0 Å². The molecule has 0 saturated heterocycles. The summed E-state index contributed by atoms with van der Waals surface area (Å²) in [5, 5.41) is 20.4. The Kier molecular flexibility index (Phi) is 8.83. The summed E-state index contributed by atoms with van der Waals surface area (Å²) in [7, 11) is 0. The number of aryl methyl sites for hydroxylation is 1. The van der Waals surface area contributed by atoms with E-state index in [0.29, 0.717) is 23.3 Å². The molecule has 88 valence electrons. The second-order valence-electron chi connectivity index (χ2n) is 2.91. The van der Waals surface area contributed by atoms with Crippen LogP contribution in [0.15, 0.2) is 0 Å². The van der Waals surface area contributed by atoms with E-state index in [9.17, 15) is 10.1 Å². The van der Waals surface area contributed by atoms with Gasteiger partial charge in [-0.3, -0.25) is 4.79 Å². The second-order valence-corrected chi connectivity index (χ2v) is 3.70. The second kappa shape index (κ2) is 8.90. The molecular formula is C8H10BrN4NaO3. The predicted octanol–water partition coefficient (Wildman–Crippen LogP) is -3.30. The molecule has 0 fully saturated rings. The van der Waals surface area contributed by atoms with E-state index < -0.39 is 0 Å². The number of carbonyl (C=O) groups excluding carboxylic acids is 1. The minimum absolute atomic E-state index is 0. The van der Waals surface area contributed by atoms with E-state index in [-0.39, 0.29) is 47.9 Å². The van der Waals surface area contributed by atoms with Gasteiger partial charge in [0.15, 0.2) is 11.6 Å². The zero-order chi connectivity index (χ0) is 12.0. The maximum Gasteiger partial charge on any atom is 1.00 e. The van der Waals surface area contributed by atoms with Crippen molar-refractivity contribution >= 4 is 27.7 Å². The van der Waals surface area contributed by atoms with Crippen LogP contribution in [0.25, 0.3) is 0 Å². The van der Waals surface area contributed by atoms with Crippen molar-refractivity contribution < 1.29 is 44.5 Å². The average Bonchev–Trinajstić information content (AvgIpc) is 2.23. The third-order valence-electron chi connectivity index (χ3n) is 1.67. The van der Waals surface area contributed by atoms with Gasteiger partial charge in [0.1, 0.15) is 0 Å². The van der Waals surface area contributed by atoms with Crippen LogP contribution in [0.5, 0.6) is 0 Å². The number of carbonyl (C=O) groups is 1. The van der Waals surface area contributed by atoms with Crippen molar-refractivity contribution in [3.05, 3.63) is 11.5 Å². The van der Waals surface area contributed by atoms with E-state index in [2.05, 4.69) is 41.3 Å². The predicted molar refractivity (Wildman–Crippen MR) is 56.4 cm³/mol. The number of rotatable bonds is 5. The Morgan fingerprint density at radius 2 is 2.24 bits per heavy atom. The zero-order valence-corrected chi connectivity index (χ0v) is 13.2. The number of hydrogen-bond acceptors (Lipinski definition) is 6. The molecule has 0 atom stereocenters. The maximum atomic E-state index is 11.3. The van der Waals surface area contributed by atoms with Crippen molar-refractivity contribution in [3.63, 3.8) is 0 Å². The van der Waals surface area contributed by atoms with Crippen LogP contribution >= 0.6 is 15.9 Å². The fourth-order valence-corrected chi connectivity index (χ4v) is 1.32.